The monoisotopic (exact) mass is 449 g/mol. The first-order valence-corrected chi connectivity index (χ1v) is 9.45. The predicted octanol–water partition coefficient (Wildman–Crippen LogP) is 2.95. The number of halogens is 1. The van der Waals surface area contributed by atoms with E-state index in [4.69, 9.17) is 21.1 Å². The minimum absolute atomic E-state index is 0.0366. The summed E-state index contributed by atoms with van der Waals surface area (Å²) in [7, 11) is 1.44. The van der Waals surface area contributed by atoms with Crippen molar-refractivity contribution in [1.29, 1.82) is 0 Å². The van der Waals surface area contributed by atoms with Gasteiger partial charge in [-0.1, -0.05) is 11.6 Å². The van der Waals surface area contributed by atoms with E-state index in [1.165, 1.54) is 44.4 Å². The molecule has 0 spiro atoms. The highest BCUT2D eigenvalue weighted by molar-refractivity contribution is 6.31. The van der Waals surface area contributed by atoms with Gasteiger partial charge in [0, 0.05) is 29.3 Å². The smallest absolute Gasteiger partial charge is 0.308 e. The Morgan fingerprint density at radius 2 is 1.84 bits per heavy atom. The highest BCUT2D eigenvalue weighted by Gasteiger charge is 2.19. The van der Waals surface area contributed by atoms with Gasteiger partial charge in [0.2, 0.25) is 0 Å². The standard InChI is InChI=1S/C20H20ClN3O7/c1-12(19(26)23-16-11-14(21)5-8-17(16)30-2)31-18(25)9-10-22-20(27)13-3-6-15(7-4-13)24(28)29/h3-8,11-12H,9-10H2,1-2H3,(H,22,27)(H,23,26). The van der Waals surface area contributed by atoms with Crippen LogP contribution in [-0.4, -0.2) is 42.5 Å². The molecule has 0 radical (unpaired) electrons. The fourth-order valence-electron chi connectivity index (χ4n) is 2.44. The molecule has 0 aromatic heterocycles. The molecule has 0 saturated carbocycles. The van der Waals surface area contributed by atoms with Gasteiger partial charge >= 0.3 is 5.97 Å². The Bertz CT molecular complexity index is 979. The number of methoxy groups -OCH3 is 1. The molecule has 11 heteroatoms. The number of ether oxygens (including phenoxy) is 2. The molecule has 0 aliphatic heterocycles. The van der Waals surface area contributed by atoms with Crippen molar-refractivity contribution in [3.63, 3.8) is 0 Å². The first-order valence-electron chi connectivity index (χ1n) is 9.07. The number of anilines is 1. The van der Waals surface area contributed by atoms with Crippen molar-refractivity contribution in [2.45, 2.75) is 19.4 Å². The first-order chi connectivity index (χ1) is 14.7. The summed E-state index contributed by atoms with van der Waals surface area (Å²) in [6.45, 7) is 1.37. The Balaban J connectivity index is 1.80. The van der Waals surface area contributed by atoms with Gasteiger partial charge in [0.25, 0.3) is 17.5 Å². The third kappa shape index (κ3) is 6.96. The highest BCUT2D eigenvalue weighted by Crippen LogP contribution is 2.27. The number of carbonyl (C=O) groups excluding carboxylic acids is 3. The Kier molecular flexibility index (Phi) is 8.33. The van der Waals surface area contributed by atoms with Gasteiger partial charge in [-0.2, -0.15) is 0 Å². The largest absolute Gasteiger partial charge is 0.495 e. The molecule has 2 aromatic rings. The Morgan fingerprint density at radius 1 is 1.16 bits per heavy atom. The van der Waals surface area contributed by atoms with Crippen LogP contribution in [0.3, 0.4) is 0 Å². The summed E-state index contributed by atoms with van der Waals surface area (Å²) in [5, 5.41) is 16.1. The van der Waals surface area contributed by atoms with E-state index in [0.717, 1.165) is 0 Å². The number of hydrogen-bond donors (Lipinski definition) is 2. The Morgan fingerprint density at radius 3 is 2.45 bits per heavy atom. The summed E-state index contributed by atoms with van der Waals surface area (Å²) in [4.78, 5) is 46.3. The maximum Gasteiger partial charge on any atom is 0.308 e. The van der Waals surface area contributed by atoms with Gasteiger partial charge < -0.3 is 20.1 Å². The van der Waals surface area contributed by atoms with E-state index < -0.39 is 28.8 Å². The second-order valence-electron chi connectivity index (χ2n) is 6.28. The lowest BCUT2D eigenvalue weighted by Crippen LogP contribution is -2.32. The molecule has 1 atom stereocenters. The van der Waals surface area contributed by atoms with Gasteiger partial charge in [-0.25, -0.2) is 0 Å². The molecule has 31 heavy (non-hydrogen) atoms. The van der Waals surface area contributed by atoms with Crippen LogP contribution in [0.4, 0.5) is 11.4 Å². The van der Waals surface area contributed by atoms with Gasteiger partial charge in [-0.05, 0) is 37.3 Å². The number of nitro groups is 1. The van der Waals surface area contributed by atoms with Crippen molar-refractivity contribution in [3.8, 4) is 5.75 Å². The second-order valence-corrected chi connectivity index (χ2v) is 6.71. The normalized spacial score (nSPS) is 11.2. The lowest BCUT2D eigenvalue weighted by atomic mass is 10.2. The molecule has 0 saturated heterocycles. The van der Waals surface area contributed by atoms with E-state index in [0.29, 0.717) is 16.5 Å². The summed E-state index contributed by atoms with van der Waals surface area (Å²) < 4.78 is 10.2. The van der Waals surface area contributed by atoms with Gasteiger partial charge in [0.1, 0.15) is 5.75 Å². The molecule has 0 aliphatic carbocycles. The number of carbonyl (C=O) groups is 3. The van der Waals surface area contributed by atoms with Crippen LogP contribution in [0.2, 0.25) is 5.02 Å². The third-order valence-corrected chi connectivity index (χ3v) is 4.29. The van der Waals surface area contributed by atoms with E-state index in [1.54, 1.807) is 12.1 Å². The molecule has 0 fully saturated rings. The van der Waals surface area contributed by atoms with Crippen molar-refractivity contribution in [1.82, 2.24) is 5.32 Å². The maximum absolute atomic E-state index is 12.3. The minimum Gasteiger partial charge on any atom is -0.495 e. The molecule has 1 unspecified atom stereocenters. The van der Waals surface area contributed by atoms with Crippen molar-refractivity contribution in [2.75, 3.05) is 19.0 Å². The van der Waals surface area contributed by atoms with Gasteiger partial charge in [0.15, 0.2) is 6.10 Å². The maximum atomic E-state index is 12.3. The SMILES string of the molecule is COc1ccc(Cl)cc1NC(=O)C(C)OC(=O)CCNC(=O)c1ccc([N+](=O)[O-])cc1. The summed E-state index contributed by atoms with van der Waals surface area (Å²) in [5.41, 5.74) is 0.406. The topological polar surface area (TPSA) is 137 Å². The molecule has 0 heterocycles. The fraction of sp³-hybridized carbons (Fsp3) is 0.250. The molecule has 2 rings (SSSR count). The summed E-state index contributed by atoms with van der Waals surface area (Å²) in [6.07, 6.45) is -1.27. The molecular weight excluding hydrogens is 430 g/mol. The average Bonchev–Trinajstić information content (AvgIpc) is 2.73. The Labute approximate surface area is 182 Å². The van der Waals surface area contributed by atoms with E-state index in [1.807, 2.05) is 0 Å². The molecule has 2 N–H and O–H groups in total. The van der Waals surface area contributed by atoms with Crippen molar-refractivity contribution in [3.05, 3.63) is 63.2 Å². The van der Waals surface area contributed by atoms with Gasteiger partial charge in [-0.15, -0.1) is 0 Å². The number of nitrogens with one attached hydrogen (secondary N) is 2. The van der Waals surface area contributed by atoms with Crippen molar-refractivity contribution >= 4 is 40.8 Å². The fourth-order valence-corrected chi connectivity index (χ4v) is 2.61. The van der Waals surface area contributed by atoms with Crippen LogP contribution in [0.5, 0.6) is 5.75 Å². The second kappa shape index (κ2) is 10.9. The molecular formula is C20H20ClN3O7. The van der Waals surface area contributed by atoms with Crippen LogP contribution in [0.25, 0.3) is 0 Å². The number of esters is 1. The number of nitro benzene ring substituents is 1. The minimum atomic E-state index is -1.10. The number of rotatable bonds is 9. The summed E-state index contributed by atoms with van der Waals surface area (Å²) in [5.74, 6) is -1.37. The van der Waals surface area contributed by atoms with Crippen molar-refractivity contribution < 1.29 is 28.8 Å². The average molecular weight is 450 g/mol. The van der Waals surface area contributed by atoms with Gasteiger partial charge in [0.05, 0.1) is 24.1 Å². The van der Waals surface area contributed by atoms with Crippen LogP contribution in [0.15, 0.2) is 42.5 Å². The van der Waals surface area contributed by atoms with Crippen LogP contribution in [-0.2, 0) is 14.3 Å². The number of non-ortho nitro benzene ring substituents is 1. The quantitative estimate of drug-likeness (QED) is 0.341. The number of nitrogens with zero attached hydrogens (tertiary/aromatic N) is 1. The zero-order chi connectivity index (χ0) is 23.0. The summed E-state index contributed by atoms with van der Waals surface area (Å²) >= 11 is 5.91. The van der Waals surface area contributed by atoms with E-state index in [-0.39, 0.29) is 24.2 Å². The number of benzene rings is 2. The van der Waals surface area contributed by atoms with Crippen LogP contribution >= 0.6 is 11.6 Å². The van der Waals surface area contributed by atoms with Gasteiger partial charge in [-0.3, -0.25) is 24.5 Å². The first kappa shape index (κ1) is 23.6. The van der Waals surface area contributed by atoms with E-state index in [9.17, 15) is 24.5 Å². The molecule has 2 aromatic carbocycles. The van der Waals surface area contributed by atoms with Crippen LogP contribution < -0.4 is 15.4 Å². The third-order valence-electron chi connectivity index (χ3n) is 4.05. The van der Waals surface area contributed by atoms with Crippen molar-refractivity contribution in [2.24, 2.45) is 0 Å². The number of hydrogen-bond acceptors (Lipinski definition) is 7. The molecule has 164 valence electrons. The highest BCUT2D eigenvalue weighted by atomic mass is 35.5. The molecule has 10 nitrogen and oxygen atoms in total. The number of amides is 2. The molecule has 2 amide bonds. The molecule has 0 aliphatic rings. The Hall–Kier alpha value is -3.66. The lowest BCUT2D eigenvalue weighted by molar-refractivity contribution is -0.384. The zero-order valence-corrected chi connectivity index (χ0v) is 17.5. The van der Waals surface area contributed by atoms with Crippen LogP contribution in [0, 0.1) is 10.1 Å². The lowest BCUT2D eigenvalue weighted by Gasteiger charge is -2.15. The zero-order valence-electron chi connectivity index (χ0n) is 16.7. The summed E-state index contributed by atoms with van der Waals surface area (Å²) in [6, 6.07) is 9.72. The van der Waals surface area contributed by atoms with E-state index >= 15 is 0 Å². The van der Waals surface area contributed by atoms with E-state index in [2.05, 4.69) is 10.6 Å². The predicted molar refractivity (Wildman–Crippen MR) is 112 cm³/mol. The van der Waals surface area contributed by atoms with Crippen LogP contribution in [0.1, 0.15) is 23.7 Å². The molecule has 0 bridgehead atoms.